The largest absolute Gasteiger partial charge is 0.448 e. The third-order valence-electron chi connectivity index (χ3n) is 3.27. The Morgan fingerprint density at radius 3 is 2.58 bits per heavy atom. The van der Waals surface area contributed by atoms with Crippen LogP contribution in [0.5, 0.6) is 0 Å². The highest BCUT2D eigenvalue weighted by atomic mass is 19.4. The number of halogens is 3. The maximum absolute atomic E-state index is 13.1. The molecule has 0 spiro atoms. The number of pyridine rings is 1. The number of benzene rings is 1. The molecular formula is C15H7F3N2O4. The number of aromatic nitrogens is 1. The summed E-state index contributed by atoms with van der Waals surface area (Å²) in [6.07, 6.45) is -3.82. The molecule has 0 atom stereocenters. The van der Waals surface area contributed by atoms with Crippen molar-refractivity contribution in [2.75, 3.05) is 0 Å². The van der Waals surface area contributed by atoms with Gasteiger partial charge in [0.2, 0.25) is 5.58 Å². The summed E-state index contributed by atoms with van der Waals surface area (Å²) in [4.78, 5) is 25.7. The summed E-state index contributed by atoms with van der Waals surface area (Å²) < 4.78 is 44.5. The van der Waals surface area contributed by atoms with Gasteiger partial charge >= 0.3 is 11.9 Å². The molecule has 9 heteroatoms. The molecule has 0 aliphatic rings. The quantitative estimate of drug-likeness (QED) is 0.525. The van der Waals surface area contributed by atoms with Crippen LogP contribution in [-0.4, -0.2) is 9.91 Å². The van der Waals surface area contributed by atoms with E-state index in [1.165, 1.54) is 18.2 Å². The van der Waals surface area contributed by atoms with E-state index in [1.807, 2.05) is 0 Å². The second-order valence-corrected chi connectivity index (χ2v) is 4.78. The number of fused-ring (bicyclic) bond motifs is 1. The minimum absolute atomic E-state index is 0.0922. The van der Waals surface area contributed by atoms with Crippen LogP contribution in [0.4, 0.5) is 18.9 Å². The predicted molar refractivity (Wildman–Crippen MR) is 77.4 cm³/mol. The van der Waals surface area contributed by atoms with Gasteiger partial charge in [-0.1, -0.05) is 6.07 Å². The lowest BCUT2D eigenvalue weighted by Gasteiger charge is -2.11. The zero-order valence-corrected chi connectivity index (χ0v) is 11.7. The molecule has 0 aliphatic heterocycles. The molecule has 2 aromatic heterocycles. The van der Waals surface area contributed by atoms with Gasteiger partial charge in [-0.2, -0.15) is 13.2 Å². The number of hydrogen-bond donors (Lipinski definition) is 0. The fraction of sp³-hybridized carbons (Fsp3) is 0.0667. The first-order valence-corrected chi connectivity index (χ1v) is 6.53. The molecule has 0 bridgehead atoms. The summed E-state index contributed by atoms with van der Waals surface area (Å²) in [6.45, 7) is 0. The molecule has 2 heterocycles. The van der Waals surface area contributed by atoms with Crippen LogP contribution < -0.4 is 5.43 Å². The number of para-hydroxylation sites is 1. The second kappa shape index (κ2) is 5.44. The standard InChI is InChI=1S/C15H7F3N2O4/c16-15(17,18)14-9(4-2-6-19-14)12-7-11(21)8-3-1-5-10(20(22)23)13(8)24-12/h1-7H. The molecule has 0 amide bonds. The Labute approximate surface area is 131 Å². The van der Waals surface area contributed by atoms with Crippen LogP contribution in [0.2, 0.25) is 0 Å². The van der Waals surface area contributed by atoms with Crippen LogP contribution in [0.3, 0.4) is 0 Å². The molecule has 1 aromatic carbocycles. The first kappa shape index (κ1) is 15.7. The Kier molecular flexibility index (Phi) is 3.55. The Morgan fingerprint density at radius 2 is 1.92 bits per heavy atom. The average molecular weight is 336 g/mol. The van der Waals surface area contributed by atoms with Gasteiger partial charge in [0.15, 0.2) is 11.1 Å². The van der Waals surface area contributed by atoms with Crippen LogP contribution in [-0.2, 0) is 6.18 Å². The summed E-state index contributed by atoms with van der Waals surface area (Å²) in [5, 5.41) is 11.0. The van der Waals surface area contributed by atoms with E-state index < -0.39 is 39.2 Å². The van der Waals surface area contributed by atoms with Gasteiger partial charge in [0, 0.05) is 23.9 Å². The van der Waals surface area contributed by atoms with Crippen molar-refractivity contribution in [3.8, 4) is 11.3 Å². The van der Waals surface area contributed by atoms with E-state index in [0.717, 1.165) is 24.4 Å². The van der Waals surface area contributed by atoms with Crippen molar-refractivity contribution in [2.24, 2.45) is 0 Å². The number of nitro benzene ring substituents is 1. The lowest BCUT2D eigenvalue weighted by molar-refractivity contribution is -0.383. The van der Waals surface area contributed by atoms with Crippen molar-refractivity contribution in [1.82, 2.24) is 4.98 Å². The summed E-state index contributed by atoms with van der Waals surface area (Å²) >= 11 is 0. The van der Waals surface area contributed by atoms with Gasteiger partial charge in [-0.25, -0.2) is 0 Å². The molecule has 24 heavy (non-hydrogen) atoms. The van der Waals surface area contributed by atoms with E-state index in [4.69, 9.17) is 4.42 Å². The molecule has 0 fully saturated rings. The van der Waals surface area contributed by atoms with Gasteiger partial charge in [-0.3, -0.25) is 19.9 Å². The molecule has 0 aliphatic carbocycles. The number of alkyl halides is 3. The summed E-state index contributed by atoms with van der Waals surface area (Å²) in [6, 6.07) is 6.87. The van der Waals surface area contributed by atoms with Gasteiger partial charge in [-0.15, -0.1) is 0 Å². The molecule has 0 unspecified atom stereocenters. The number of rotatable bonds is 2. The number of hydrogen-bond acceptors (Lipinski definition) is 5. The van der Waals surface area contributed by atoms with Crippen LogP contribution in [0.15, 0.2) is 51.8 Å². The first-order valence-electron chi connectivity index (χ1n) is 6.53. The van der Waals surface area contributed by atoms with Crippen molar-refractivity contribution in [2.45, 2.75) is 6.18 Å². The number of non-ortho nitro benzene ring substituents is 1. The second-order valence-electron chi connectivity index (χ2n) is 4.78. The molecule has 0 radical (unpaired) electrons. The van der Waals surface area contributed by atoms with E-state index >= 15 is 0 Å². The van der Waals surface area contributed by atoms with Crippen molar-refractivity contribution >= 4 is 16.7 Å². The Morgan fingerprint density at radius 1 is 1.17 bits per heavy atom. The van der Waals surface area contributed by atoms with Gasteiger partial charge in [-0.05, 0) is 18.2 Å². The maximum Gasteiger partial charge on any atom is 0.434 e. The van der Waals surface area contributed by atoms with Crippen molar-refractivity contribution in [3.63, 3.8) is 0 Å². The third kappa shape index (κ3) is 2.60. The zero-order valence-electron chi connectivity index (χ0n) is 11.7. The van der Waals surface area contributed by atoms with Gasteiger partial charge in [0.1, 0.15) is 5.76 Å². The highest BCUT2D eigenvalue weighted by Crippen LogP contribution is 2.36. The smallest absolute Gasteiger partial charge is 0.434 e. The third-order valence-corrected chi connectivity index (χ3v) is 3.27. The van der Waals surface area contributed by atoms with Crippen molar-refractivity contribution < 1.29 is 22.5 Å². The molecule has 0 saturated carbocycles. The first-order chi connectivity index (χ1) is 11.3. The van der Waals surface area contributed by atoms with E-state index in [0.29, 0.717) is 0 Å². The van der Waals surface area contributed by atoms with Gasteiger partial charge in [0.25, 0.3) is 0 Å². The molecule has 3 aromatic rings. The van der Waals surface area contributed by atoms with Crippen LogP contribution in [0.1, 0.15) is 5.69 Å². The van der Waals surface area contributed by atoms with E-state index in [9.17, 15) is 28.1 Å². The van der Waals surface area contributed by atoms with Crippen LogP contribution >= 0.6 is 0 Å². The summed E-state index contributed by atoms with van der Waals surface area (Å²) in [5.41, 5.74) is -3.30. The fourth-order valence-corrected chi connectivity index (χ4v) is 2.27. The normalized spacial score (nSPS) is 11.6. The van der Waals surface area contributed by atoms with E-state index in [2.05, 4.69) is 4.98 Å². The Balaban J connectivity index is 2.36. The van der Waals surface area contributed by atoms with Gasteiger partial charge in [0.05, 0.1) is 10.3 Å². The van der Waals surface area contributed by atoms with Crippen molar-refractivity contribution in [1.29, 1.82) is 0 Å². The molecule has 0 saturated heterocycles. The van der Waals surface area contributed by atoms with Crippen molar-refractivity contribution in [3.05, 3.63) is 68.6 Å². The summed E-state index contributed by atoms with van der Waals surface area (Å²) in [5.74, 6) is -0.442. The van der Waals surface area contributed by atoms with E-state index in [1.54, 1.807) is 0 Å². The topological polar surface area (TPSA) is 86.2 Å². The lowest BCUT2D eigenvalue weighted by atomic mass is 10.1. The molecule has 3 rings (SSSR count). The summed E-state index contributed by atoms with van der Waals surface area (Å²) in [7, 11) is 0. The Hall–Kier alpha value is -3.23. The minimum Gasteiger partial charge on any atom is -0.448 e. The SMILES string of the molecule is O=c1cc(-c2cccnc2C(F)(F)F)oc2c([N+](=O)[O-])cccc12. The molecule has 6 nitrogen and oxygen atoms in total. The Bertz CT molecular complexity index is 1010. The van der Waals surface area contributed by atoms with Crippen LogP contribution in [0, 0.1) is 10.1 Å². The maximum atomic E-state index is 13.1. The van der Waals surface area contributed by atoms with E-state index in [-0.39, 0.29) is 11.0 Å². The molecule has 0 N–H and O–H groups in total. The predicted octanol–water partition coefficient (Wildman–Crippen LogP) is 3.78. The average Bonchev–Trinajstić information content (AvgIpc) is 2.53. The van der Waals surface area contributed by atoms with Crippen LogP contribution in [0.25, 0.3) is 22.3 Å². The highest BCUT2D eigenvalue weighted by Gasteiger charge is 2.36. The number of nitro groups is 1. The number of nitrogens with zero attached hydrogens (tertiary/aromatic N) is 2. The highest BCUT2D eigenvalue weighted by molar-refractivity contribution is 5.86. The molecule has 122 valence electrons. The monoisotopic (exact) mass is 336 g/mol. The molecular weight excluding hydrogens is 329 g/mol. The van der Waals surface area contributed by atoms with Gasteiger partial charge < -0.3 is 4.42 Å². The zero-order chi connectivity index (χ0) is 17.5. The lowest BCUT2D eigenvalue weighted by Crippen LogP contribution is -2.10. The fourth-order valence-electron chi connectivity index (χ4n) is 2.27. The minimum atomic E-state index is -4.77.